The molecule has 0 bridgehead atoms. The highest BCUT2D eigenvalue weighted by atomic mass is 19.3. The van der Waals surface area contributed by atoms with Crippen molar-refractivity contribution in [2.45, 2.75) is 72.3 Å². The normalized spacial score (nSPS) is 14.6. The van der Waals surface area contributed by atoms with Gasteiger partial charge in [0, 0.05) is 25.2 Å². The maximum atomic E-state index is 13.2. The molecule has 3 rings (SSSR count). The molecular formula is C27H34F4N2O2. The topological polar surface area (TPSA) is 55.6 Å². The average molecular weight is 495 g/mol. The van der Waals surface area contributed by atoms with Gasteiger partial charge >= 0.3 is 12.3 Å². The maximum absolute atomic E-state index is 13.2. The summed E-state index contributed by atoms with van der Waals surface area (Å²) in [5.74, 6) is -4.31. The van der Waals surface area contributed by atoms with Crippen LogP contribution in [-0.4, -0.2) is 31.4 Å². The minimum Gasteiger partial charge on any atom is -0.487 e. The zero-order chi connectivity index (χ0) is 26.0. The Morgan fingerprint density at radius 1 is 1.11 bits per heavy atom. The minimum absolute atomic E-state index is 0.173. The second-order valence-electron chi connectivity index (χ2n) is 10.3. The first kappa shape index (κ1) is 26.8. The van der Waals surface area contributed by atoms with Gasteiger partial charge in [-0.25, -0.2) is 8.78 Å². The number of alkyl halides is 4. The lowest BCUT2D eigenvalue weighted by molar-refractivity contribution is -0.148. The van der Waals surface area contributed by atoms with E-state index in [2.05, 4.69) is 30.9 Å². The van der Waals surface area contributed by atoms with Crippen LogP contribution in [0.15, 0.2) is 30.3 Å². The molecule has 1 amide bonds. The fraction of sp³-hybridized carbons (Fsp3) is 0.519. The number of aryl methyl sites for hydroxylation is 3. The summed E-state index contributed by atoms with van der Waals surface area (Å²) in [7, 11) is 0. The van der Waals surface area contributed by atoms with Gasteiger partial charge in [0.1, 0.15) is 5.75 Å². The zero-order valence-electron chi connectivity index (χ0n) is 20.8. The highest BCUT2D eigenvalue weighted by molar-refractivity contribution is 5.74. The average Bonchev–Trinajstić information content (AvgIpc) is 2.96. The second-order valence-corrected chi connectivity index (χ2v) is 10.3. The molecule has 0 fully saturated rings. The molecule has 2 aromatic carbocycles. The lowest BCUT2D eigenvalue weighted by Gasteiger charge is -2.28. The number of nitrogens with zero attached hydrogens (tertiary/aromatic N) is 1. The Morgan fingerprint density at radius 3 is 2.37 bits per heavy atom. The summed E-state index contributed by atoms with van der Waals surface area (Å²) in [5.41, 5.74) is 11.9. The number of rotatable bonds is 9. The Morgan fingerprint density at radius 2 is 1.77 bits per heavy atom. The summed E-state index contributed by atoms with van der Waals surface area (Å²) in [5, 5.41) is 0. The fourth-order valence-electron chi connectivity index (χ4n) is 4.73. The summed E-state index contributed by atoms with van der Waals surface area (Å²) in [6, 6.07) is 9.39. The smallest absolute Gasteiger partial charge is 0.340 e. The van der Waals surface area contributed by atoms with Crippen LogP contribution in [0.25, 0.3) is 0 Å². The SMILES string of the molecule is Cc1cc(N2CCCc3cc(OCC(F)(F)C(F)F)ccc3C2)cc(C)c1CC(C)(C)CC(N)=O. The molecule has 0 saturated carbocycles. The molecule has 35 heavy (non-hydrogen) atoms. The van der Waals surface area contributed by atoms with E-state index >= 15 is 0 Å². The van der Waals surface area contributed by atoms with E-state index < -0.39 is 19.0 Å². The monoisotopic (exact) mass is 494 g/mol. The van der Waals surface area contributed by atoms with Gasteiger partial charge in [0.2, 0.25) is 5.91 Å². The number of ether oxygens (including phenoxy) is 1. The molecule has 1 heterocycles. The van der Waals surface area contributed by atoms with Crippen LogP contribution in [0.1, 0.15) is 54.5 Å². The van der Waals surface area contributed by atoms with E-state index in [1.165, 1.54) is 5.56 Å². The summed E-state index contributed by atoms with van der Waals surface area (Å²) in [6.07, 6.45) is -1.09. The molecule has 2 N–H and O–H groups in total. The quantitative estimate of drug-likeness (QED) is 0.437. The molecule has 4 nitrogen and oxygen atoms in total. The second kappa shape index (κ2) is 10.5. The van der Waals surface area contributed by atoms with E-state index in [9.17, 15) is 22.4 Å². The van der Waals surface area contributed by atoms with Crippen LogP contribution in [0.3, 0.4) is 0 Å². The van der Waals surface area contributed by atoms with E-state index in [0.29, 0.717) is 13.0 Å². The van der Waals surface area contributed by atoms with E-state index in [0.717, 1.165) is 53.7 Å². The van der Waals surface area contributed by atoms with Gasteiger partial charge in [-0.2, -0.15) is 8.78 Å². The molecule has 0 radical (unpaired) electrons. The predicted octanol–water partition coefficient (Wildman–Crippen LogP) is 5.98. The first-order chi connectivity index (χ1) is 16.3. The van der Waals surface area contributed by atoms with E-state index in [-0.39, 0.29) is 17.1 Å². The summed E-state index contributed by atoms with van der Waals surface area (Å²) in [6.45, 7) is 8.36. The summed E-state index contributed by atoms with van der Waals surface area (Å²) >= 11 is 0. The molecule has 1 aliphatic heterocycles. The number of primary amides is 1. The van der Waals surface area contributed by atoms with Crippen molar-refractivity contribution in [1.82, 2.24) is 0 Å². The van der Waals surface area contributed by atoms with Crippen molar-refractivity contribution < 1.29 is 27.1 Å². The number of hydrogen-bond acceptors (Lipinski definition) is 3. The van der Waals surface area contributed by atoms with Crippen molar-refractivity contribution in [3.05, 3.63) is 58.1 Å². The van der Waals surface area contributed by atoms with Crippen LogP contribution >= 0.6 is 0 Å². The molecule has 0 aliphatic carbocycles. The Kier molecular flexibility index (Phi) is 8.02. The Labute approximate surface area is 204 Å². The third-order valence-corrected chi connectivity index (χ3v) is 6.52. The van der Waals surface area contributed by atoms with Crippen molar-refractivity contribution in [3.63, 3.8) is 0 Å². The molecule has 0 aromatic heterocycles. The number of nitrogens with two attached hydrogens (primary N) is 1. The summed E-state index contributed by atoms with van der Waals surface area (Å²) < 4.78 is 56.2. The van der Waals surface area contributed by atoms with Gasteiger partial charge in [0.05, 0.1) is 0 Å². The predicted molar refractivity (Wildman–Crippen MR) is 129 cm³/mol. The molecule has 192 valence electrons. The number of carbonyl (C=O) groups is 1. The van der Waals surface area contributed by atoms with E-state index in [4.69, 9.17) is 10.5 Å². The standard InChI is InChI=1S/C27H34F4N2O2/c1-17-10-21(11-18(2)23(17)13-26(3,4)14-24(32)34)33-9-5-6-19-12-22(8-7-20(19)15-33)35-16-27(30,31)25(28)29/h7-8,10-12,25H,5-6,9,13-16H2,1-4H3,(H2,32,34). The number of amides is 1. The first-order valence-electron chi connectivity index (χ1n) is 11.8. The van der Waals surface area contributed by atoms with E-state index in [1.54, 1.807) is 12.1 Å². The number of benzene rings is 2. The van der Waals surface area contributed by atoms with Gasteiger partial charge in [-0.15, -0.1) is 0 Å². The number of hydrogen-bond donors (Lipinski definition) is 1. The minimum atomic E-state index is -4.18. The van der Waals surface area contributed by atoms with Gasteiger partial charge in [0.25, 0.3) is 0 Å². The van der Waals surface area contributed by atoms with Gasteiger partial charge in [-0.3, -0.25) is 4.79 Å². The van der Waals surface area contributed by atoms with E-state index in [1.807, 2.05) is 19.9 Å². The molecule has 8 heteroatoms. The van der Waals surface area contributed by atoms with Crippen molar-refractivity contribution >= 4 is 11.6 Å². The van der Waals surface area contributed by atoms with Gasteiger partial charge in [-0.05, 0) is 90.6 Å². The van der Waals surface area contributed by atoms with Crippen molar-refractivity contribution in [2.24, 2.45) is 11.1 Å². The molecule has 0 unspecified atom stereocenters. The van der Waals surface area contributed by atoms with Gasteiger partial charge < -0.3 is 15.4 Å². The van der Waals surface area contributed by atoms with Crippen LogP contribution in [0.4, 0.5) is 23.2 Å². The molecule has 0 atom stereocenters. The largest absolute Gasteiger partial charge is 0.487 e. The first-order valence-corrected chi connectivity index (χ1v) is 11.8. The highest BCUT2D eigenvalue weighted by Crippen LogP contribution is 2.33. The van der Waals surface area contributed by atoms with Crippen molar-refractivity contribution in [3.8, 4) is 5.75 Å². The lowest BCUT2D eigenvalue weighted by Crippen LogP contribution is -2.33. The van der Waals surface area contributed by atoms with Gasteiger partial charge in [-0.1, -0.05) is 19.9 Å². The fourth-order valence-corrected chi connectivity index (χ4v) is 4.73. The lowest BCUT2D eigenvalue weighted by atomic mass is 9.80. The molecule has 2 aromatic rings. The molecule has 0 spiro atoms. The van der Waals surface area contributed by atoms with Crippen LogP contribution in [0, 0.1) is 19.3 Å². The van der Waals surface area contributed by atoms with Crippen LogP contribution in [0.5, 0.6) is 5.75 Å². The summed E-state index contributed by atoms with van der Waals surface area (Å²) in [4.78, 5) is 13.7. The Balaban J connectivity index is 1.76. The van der Waals surface area contributed by atoms with Crippen LogP contribution < -0.4 is 15.4 Å². The van der Waals surface area contributed by atoms with Gasteiger partial charge in [0.15, 0.2) is 6.61 Å². The van der Waals surface area contributed by atoms with Crippen molar-refractivity contribution in [2.75, 3.05) is 18.1 Å². The Hall–Kier alpha value is -2.77. The molecule has 0 saturated heterocycles. The zero-order valence-corrected chi connectivity index (χ0v) is 20.8. The number of carbonyl (C=O) groups excluding carboxylic acids is 1. The number of halogens is 4. The van der Waals surface area contributed by atoms with Crippen LogP contribution in [-0.2, 0) is 24.2 Å². The number of anilines is 1. The van der Waals surface area contributed by atoms with Crippen LogP contribution in [0.2, 0.25) is 0 Å². The molecule has 1 aliphatic rings. The number of fused-ring (bicyclic) bond motifs is 1. The molecular weight excluding hydrogens is 460 g/mol. The third kappa shape index (κ3) is 6.89. The third-order valence-electron chi connectivity index (χ3n) is 6.52. The maximum Gasteiger partial charge on any atom is 0.340 e. The highest BCUT2D eigenvalue weighted by Gasteiger charge is 2.41. The Bertz CT molecular complexity index is 1050. The van der Waals surface area contributed by atoms with Crippen molar-refractivity contribution in [1.29, 1.82) is 0 Å².